The molecule has 0 saturated carbocycles. The van der Waals surface area contributed by atoms with Gasteiger partial charge in [0.2, 0.25) is 0 Å². The lowest BCUT2D eigenvalue weighted by atomic mass is 10.1. The molecule has 2 N–H and O–H groups in total. The van der Waals surface area contributed by atoms with Crippen molar-refractivity contribution in [3.63, 3.8) is 0 Å². The molecule has 0 radical (unpaired) electrons. The molecule has 0 aliphatic rings. The van der Waals surface area contributed by atoms with E-state index in [9.17, 15) is 4.79 Å². The van der Waals surface area contributed by atoms with E-state index < -0.39 is 5.91 Å². The SMILES string of the molecule is N#C/C(=C\c1ccc(OCc2ccccc2Cl)c(Br)c1)C(N)=O. The van der Waals surface area contributed by atoms with E-state index in [0.717, 1.165) is 5.56 Å². The van der Waals surface area contributed by atoms with E-state index in [2.05, 4.69) is 15.9 Å². The maximum Gasteiger partial charge on any atom is 0.259 e. The van der Waals surface area contributed by atoms with E-state index in [-0.39, 0.29) is 5.57 Å². The Morgan fingerprint density at radius 1 is 1.35 bits per heavy atom. The van der Waals surface area contributed by atoms with Gasteiger partial charge in [0.15, 0.2) is 0 Å². The van der Waals surface area contributed by atoms with Gasteiger partial charge in [0.05, 0.1) is 4.47 Å². The second-order valence-electron chi connectivity index (χ2n) is 4.60. The number of rotatable bonds is 5. The Labute approximate surface area is 147 Å². The van der Waals surface area contributed by atoms with Crippen LogP contribution in [-0.2, 0) is 11.4 Å². The van der Waals surface area contributed by atoms with Gasteiger partial charge in [-0.3, -0.25) is 4.79 Å². The number of hydrogen-bond donors (Lipinski definition) is 1. The Balaban J connectivity index is 2.16. The molecule has 0 aliphatic heterocycles. The second-order valence-corrected chi connectivity index (χ2v) is 5.87. The number of nitrogens with zero attached hydrogens (tertiary/aromatic N) is 1. The minimum atomic E-state index is -0.761. The first-order chi connectivity index (χ1) is 11.0. The van der Waals surface area contributed by atoms with Crippen LogP contribution in [-0.4, -0.2) is 5.91 Å². The first-order valence-corrected chi connectivity index (χ1v) is 7.75. The predicted molar refractivity (Wildman–Crippen MR) is 92.7 cm³/mol. The molecule has 2 aromatic carbocycles. The smallest absolute Gasteiger partial charge is 0.259 e. The number of ether oxygens (including phenoxy) is 1. The molecule has 4 nitrogen and oxygen atoms in total. The van der Waals surface area contributed by atoms with Gasteiger partial charge in [0, 0.05) is 10.6 Å². The van der Waals surface area contributed by atoms with Crippen LogP contribution in [0.4, 0.5) is 0 Å². The summed E-state index contributed by atoms with van der Waals surface area (Å²) < 4.78 is 6.42. The predicted octanol–water partition coefficient (Wildman–Crippen LogP) is 4.07. The van der Waals surface area contributed by atoms with Crippen LogP contribution < -0.4 is 10.5 Å². The van der Waals surface area contributed by atoms with Crippen molar-refractivity contribution in [1.29, 1.82) is 5.26 Å². The Hall–Kier alpha value is -2.29. The minimum Gasteiger partial charge on any atom is -0.488 e. The Kier molecular flexibility index (Phi) is 5.80. The van der Waals surface area contributed by atoms with Gasteiger partial charge in [0.25, 0.3) is 5.91 Å². The van der Waals surface area contributed by atoms with E-state index in [1.54, 1.807) is 30.3 Å². The Bertz CT molecular complexity index is 812. The lowest BCUT2D eigenvalue weighted by molar-refractivity contribution is -0.114. The lowest BCUT2D eigenvalue weighted by Crippen LogP contribution is -2.12. The standard InChI is InChI=1S/C17H12BrClN2O2/c18-14-8-11(7-13(9-20)17(21)22)5-6-16(14)23-10-12-3-1-2-4-15(12)19/h1-8H,10H2,(H2,21,22)/b13-7+. The number of hydrogen-bond acceptors (Lipinski definition) is 3. The summed E-state index contributed by atoms with van der Waals surface area (Å²) >= 11 is 9.49. The first kappa shape index (κ1) is 17.1. The molecule has 0 unspecified atom stereocenters. The van der Waals surface area contributed by atoms with E-state index >= 15 is 0 Å². The molecule has 2 aromatic rings. The van der Waals surface area contributed by atoms with Gasteiger partial charge in [0.1, 0.15) is 24.0 Å². The molecule has 116 valence electrons. The summed E-state index contributed by atoms with van der Waals surface area (Å²) in [4.78, 5) is 11.1. The van der Waals surface area contributed by atoms with Crippen LogP contribution in [0.15, 0.2) is 52.5 Å². The van der Waals surface area contributed by atoms with Gasteiger partial charge in [-0.25, -0.2) is 0 Å². The van der Waals surface area contributed by atoms with Crippen LogP contribution >= 0.6 is 27.5 Å². The van der Waals surface area contributed by atoms with E-state index in [0.29, 0.717) is 27.4 Å². The molecule has 0 aliphatic carbocycles. The highest BCUT2D eigenvalue weighted by molar-refractivity contribution is 9.10. The molecule has 0 atom stereocenters. The number of carbonyl (C=O) groups is 1. The molecule has 23 heavy (non-hydrogen) atoms. The van der Waals surface area contributed by atoms with Gasteiger partial charge in [-0.05, 0) is 45.8 Å². The molecular weight excluding hydrogens is 380 g/mol. The molecular formula is C17H12BrClN2O2. The van der Waals surface area contributed by atoms with Crippen molar-refractivity contribution < 1.29 is 9.53 Å². The van der Waals surface area contributed by atoms with Crippen molar-refractivity contribution in [3.05, 3.63) is 68.7 Å². The fourth-order valence-corrected chi connectivity index (χ4v) is 2.52. The Morgan fingerprint density at radius 3 is 2.70 bits per heavy atom. The molecule has 0 fully saturated rings. The molecule has 6 heteroatoms. The summed E-state index contributed by atoms with van der Waals surface area (Å²) in [5.41, 5.74) is 6.55. The number of halogens is 2. The highest BCUT2D eigenvalue weighted by Crippen LogP contribution is 2.28. The van der Waals surface area contributed by atoms with Crippen LogP contribution in [0.25, 0.3) is 6.08 Å². The largest absolute Gasteiger partial charge is 0.488 e. The van der Waals surface area contributed by atoms with Gasteiger partial charge in [-0.2, -0.15) is 5.26 Å². The summed E-state index contributed by atoms with van der Waals surface area (Å²) in [5, 5.41) is 9.49. The molecule has 1 amide bonds. The third kappa shape index (κ3) is 4.59. The van der Waals surface area contributed by atoms with Crippen LogP contribution in [0.5, 0.6) is 5.75 Å². The van der Waals surface area contributed by atoms with Crippen molar-refractivity contribution >= 4 is 39.5 Å². The summed E-state index contributed by atoms with van der Waals surface area (Å²) in [6.45, 7) is 0.332. The van der Waals surface area contributed by atoms with Gasteiger partial charge in [-0.15, -0.1) is 0 Å². The highest BCUT2D eigenvalue weighted by atomic mass is 79.9. The van der Waals surface area contributed by atoms with Crippen LogP contribution in [0.3, 0.4) is 0 Å². The van der Waals surface area contributed by atoms with Crippen molar-refractivity contribution in [2.24, 2.45) is 5.73 Å². The zero-order valence-corrected chi connectivity index (χ0v) is 14.3. The highest BCUT2D eigenvalue weighted by Gasteiger charge is 2.07. The van der Waals surface area contributed by atoms with Crippen molar-refractivity contribution in [1.82, 2.24) is 0 Å². The third-order valence-electron chi connectivity index (χ3n) is 2.99. The van der Waals surface area contributed by atoms with E-state index in [1.165, 1.54) is 6.08 Å². The van der Waals surface area contributed by atoms with Crippen molar-refractivity contribution in [2.75, 3.05) is 0 Å². The van der Waals surface area contributed by atoms with E-state index in [1.807, 2.05) is 18.2 Å². The van der Waals surface area contributed by atoms with Gasteiger partial charge >= 0.3 is 0 Å². The quantitative estimate of drug-likeness (QED) is 0.616. The summed E-state index contributed by atoms with van der Waals surface area (Å²) in [5.74, 6) is -0.137. The lowest BCUT2D eigenvalue weighted by Gasteiger charge is -2.10. The summed E-state index contributed by atoms with van der Waals surface area (Å²) in [7, 11) is 0. The number of nitrogens with two attached hydrogens (primary N) is 1. The second kappa shape index (κ2) is 7.82. The Morgan fingerprint density at radius 2 is 2.09 bits per heavy atom. The minimum absolute atomic E-state index is 0.110. The first-order valence-electron chi connectivity index (χ1n) is 6.58. The average Bonchev–Trinajstić information content (AvgIpc) is 2.53. The van der Waals surface area contributed by atoms with Crippen molar-refractivity contribution in [3.8, 4) is 11.8 Å². The fraction of sp³-hybridized carbons (Fsp3) is 0.0588. The molecule has 0 saturated heterocycles. The zero-order valence-electron chi connectivity index (χ0n) is 11.9. The monoisotopic (exact) mass is 390 g/mol. The summed E-state index contributed by atoms with van der Waals surface area (Å²) in [6, 6.07) is 14.4. The molecule has 0 spiro atoms. The average molecular weight is 392 g/mol. The third-order valence-corrected chi connectivity index (χ3v) is 3.98. The molecule has 0 heterocycles. The maximum atomic E-state index is 11.1. The summed E-state index contributed by atoms with van der Waals surface area (Å²) in [6.07, 6.45) is 1.42. The van der Waals surface area contributed by atoms with Crippen LogP contribution in [0.1, 0.15) is 11.1 Å². The van der Waals surface area contributed by atoms with Gasteiger partial charge in [-0.1, -0.05) is 35.9 Å². The number of benzene rings is 2. The normalized spacial score (nSPS) is 10.9. The number of primary amides is 1. The van der Waals surface area contributed by atoms with Crippen LogP contribution in [0, 0.1) is 11.3 Å². The van der Waals surface area contributed by atoms with Crippen molar-refractivity contribution in [2.45, 2.75) is 6.61 Å². The fourth-order valence-electron chi connectivity index (χ4n) is 1.82. The van der Waals surface area contributed by atoms with Gasteiger partial charge < -0.3 is 10.5 Å². The molecule has 0 aromatic heterocycles. The van der Waals surface area contributed by atoms with E-state index in [4.69, 9.17) is 27.3 Å². The number of amides is 1. The molecule has 0 bridgehead atoms. The number of carbonyl (C=O) groups excluding carboxylic acids is 1. The zero-order chi connectivity index (χ0) is 16.8. The van der Waals surface area contributed by atoms with Crippen LogP contribution in [0.2, 0.25) is 5.02 Å². The maximum absolute atomic E-state index is 11.1. The topological polar surface area (TPSA) is 76.1 Å². The molecule has 2 rings (SSSR count). The number of nitriles is 1.